The fourth-order valence-corrected chi connectivity index (χ4v) is 12.5. The molecule has 2 spiro atoms. The first-order valence-electron chi connectivity index (χ1n) is 23.9. The van der Waals surface area contributed by atoms with Crippen molar-refractivity contribution >= 4 is 77.5 Å². The van der Waals surface area contributed by atoms with E-state index in [0.717, 1.165) is 77.1 Å². The van der Waals surface area contributed by atoms with Gasteiger partial charge in [0.2, 0.25) is 20.0 Å². The lowest BCUT2D eigenvalue weighted by Gasteiger charge is -2.34. The summed E-state index contributed by atoms with van der Waals surface area (Å²) >= 11 is 3.37. The number of aliphatic imine (C=N–C) groups is 2. The van der Waals surface area contributed by atoms with Crippen LogP contribution in [0.1, 0.15) is 139 Å². The Morgan fingerprint density at radius 2 is 1.00 bits per heavy atom. The molecule has 19 heteroatoms. The molecule has 0 atom stereocenters. The molecule has 0 bridgehead atoms. The van der Waals surface area contributed by atoms with E-state index in [1.54, 1.807) is 26.0 Å². The van der Waals surface area contributed by atoms with Crippen LogP contribution in [-0.2, 0) is 29.6 Å². The first kappa shape index (κ1) is 53.8. The molecule has 4 fully saturated rings. The third-order valence-electron chi connectivity index (χ3n) is 14.8. The third kappa shape index (κ3) is 12.5. The molecule has 2 saturated heterocycles. The van der Waals surface area contributed by atoms with Gasteiger partial charge in [-0.2, -0.15) is 8.61 Å². The molecular formula is C50H67BrN6O10S2. The number of nitrogens with one attached hydrogen (secondary N) is 2. The van der Waals surface area contributed by atoms with Crippen LogP contribution < -0.4 is 10.6 Å². The largest absolute Gasteiger partial charge is 0.478 e. The lowest BCUT2D eigenvalue weighted by atomic mass is 9.82. The van der Waals surface area contributed by atoms with Crippen molar-refractivity contribution in [1.82, 2.24) is 19.2 Å². The smallest absolute Gasteiger partial charge is 0.335 e. The molecule has 0 unspecified atom stereocenters. The van der Waals surface area contributed by atoms with Gasteiger partial charge < -0.3 is 20.8 Å². The summed E-state index contributed by atoms with van der Waals surface area (Å²) < 4.78 is 53.5. The van der Waals surface area contributed by atoms with Gasteiger partial charge in [0.05, 0.1) is 11.1 Å². The summed E-state index contributed by atoms with van der Waals surface area (Å²) in [6.07, 6.45) is 12.0. The van der Waals surface area contributed by atoms with Crippen LogP contribution in [0.15, 0.2) is 56.1 Å². The number of piperidine rings is 2. The number of carboxylic acid groups (broad SMARTS) is 2. The molecule has 2 saturated carbocycles. The molecule has 376 valence electrons. The Balaban J connectivity index is 0.000000191. The number of rotatable bonds is 9. The summed E-state index contributed by atoms with van der Waals surface area (Å²) in [5, 5.41) is 26.1. The van der Waals surface area contributed by atoms with Crippen molar-refractivity contribution in [3.05, 3.63) is 85.1 Å². The van der Waals surface area contributed by atoms with Crippen LogP contribution in [-0.4, -0.2) is 108 Å². The van der Waals surface area contributed by atoms with E-state index in [-0.39, 0.29) is 30.5 Å². The second kappa shape index (κ2) is 21.8. The molecule has 2 aliphatic carbocycles. The number of carboxylic acids is 2. The third-order valence-corrected chi connectivity index (χ3v) is 19.1. The zero-order valence-electron chi connectivity index (χ0n) is 40.5. The zero-order chi connectivity index (χ0) is 50.6. The highest BCUT2D eigenvalue weighted by Crippen LogP contribution is 2.38. The fourth-order valence-electron chi connectivity index (χ4n) is 10.2. The quantitative estimate of drug-likeness (QED) is 0.190. The number of hydrogen-bond donors (Lipinski definition) is 4. The molecule has 8 rings (SSSR count). The molecule has 2 aromatic carbocycles. The molecule has 69 heavy (non-hydrogen) atoms. The van der Waals surface area contributed by atoms with Gasteiger partial charge in [-0.25, -0.2) is 26.4 Å². The number of aryl methyl sites for hydroxylation is 4. The molecule has 0 radical (unpaired) electrons. The number of benzene rings is 2. The molecule has 4 N–H and O–H groups in total. The molecule has 2 amide bonds. The molecule has 4 aliphatic heterocycles. The van der Waals surface area contributed by atoms with E-state index in [4.69, 9.17) is 15.1 Å². The second-order valence-corrected chi connectivity index (χ2v) is 24.3. The summed E-state index contributed by atoms with van der Waals surface area (Å²) in [6.45, 7) is 16.3. The highest BCUT2D eigenvalue weighted by molar-refractivity contribution is 9.10. The molecular weight excluding hydrogens is 989 g/mol. The number of carbonyl (C=O) groups is 4. The lowest BCUT2D eigenvalue weighted by Crippen LogP contribution is -2.50. The zero-order valence-corrected chi connectivity index (χ0v) is 43.7. The second-order valence-electron chi connectivity index (χ2n) is 19.8. The van der Waals surface area contributed by atoms with E-state index >= 15 is 0 Å². The minimum Gasteiger partial charge on any atom is -0.478 e. The minimum absolute atomic E-state index is 0.0539. The van der Waals surface area contributed by atoms with E-state index < -0.39 is 43.1 Å². The van der Waals surface area contributed by atoms with Crippen molar-refractivity contribution in [2.45, 2.75) is 130 Å². The fraction of sp³-hybridized carbons (Fsp3) is 0.560. The number of amides is 2. The van der Waals surface area contributed by atoms with Gasteiger partial charge in [0.1, 0.15) is 22.7 Å². The maximum Gasteiger partial charge on any atom is 0.335 e. The van der Waals surface area contributed by atoms with Crippen molar-refractivity contribution in [1.29, 1.82) is 0 Å². The molecule has 6 aliphatic rings. The monoisotopic (exact) mass is 1050 g/mol. The molecule has 0 aromatic heterocycles. The lowest BCUT2D eigenvalue weighted by molar-refractivity contribution is -0.125. The number of halogens is 1. The minimum atomic E-state index is -3.69. The summed E-state index contributed by atoms with van der Waals surface area (Å²) in [6, 6.07) is 6.37. The van der Waals surface area contributed by atoms with Crippen molar-refractivity contribution in [2.24, 2.45) is 33.7 Å². The van der Waals surface area contributed by atoms with Crippen molar-refractivity contribution in [3.63, 3.8) is 0 Å². The van der Waals surface area contributed by atoms with E-state index in [9.17, 15) is 41.1 Å². The maximum absolute atomic E-state index is 13.0. The average Bonchev–Trinajstić information content (AvgIpc) is 3.79. The number of amidine groups is 2. The van der Waals surface area contributed by atoms with E-state index in [1.807, 2.05) is 13.8 Å². The average molecular weight is 1060 g/mol. The van der Waals surface area contributed by atoms with Crippen LogP contribution in [0.5, 0.6) is 0 Å². The Kier molecular flexibility index (Phi) is 17.0. The Hall–Kier alpha value is -4.56. The molecule has 2 aromatic rings. The molecule has 4 heterocycles. The van der Waals surface area contributed by atoms with Gasteiger partial charge >= 0.3 is 11.9 Å². The van der Waals surface area contributed by atoms with Crippen molar-refractivity contribution < 1.29 is 46.2 Å². The van der Waals surface area contributed by atoms with Gasteiger partial charge in [-0.1, -0.05) is 62.0 Å². The van der Waals surface area contributed by atoms with E-state index in [2.05, 4.69) is 47.0 Å². The van der Waals surface area contributed by atoms with Crippen LogP contribution in [0.4, 0.5) is 0 Å². The first-order chi connectivity index (χ1) is 32.4. The topological polar surface area (TPSA) is 232 Å². The Bertz CT molecular complexity index is 2600. The maximum atomic E-state index is 13.0. The number of aromatic carboxylic acids is 2. The van der Waals surface area contributed by atoms with Gasteiger partial charge in [-0.3, -0.25) is 19.6 Å². The van der Waals surface area contributed by atoms with Crippen molar-refractivity contribution in [2.75, 3.05) is 26.2 Å². The van der Waals surface area contributed by atoms with E-state index in [0.29, 0.717) is 78.8 Å². The number of nitrogens with zero attached hydrogens (tertiary/aromatic N) is 4. The Morgan fingerprint density at radius 1 is 0.652 bits per heavy atom. The first-order valence-corrected chi connectivity index (χ1v) is 27.7. The van der Waals surface area contributed by atoms with Crippen LogP contribution >= 0.6 is 15.9 Å². The SMILES string of the molecule is C=CS(=O)(=O)N1CCC2(CC1)N=C(C1CCC(C)CC1)NC2=O.Cc1cc(C(=O)O)cc(C)c1/C=C/S(=O)(=O)N1CCC2(CC1)N=C(C1CCC(C)CC1)NC2=O.Cc1cc(C(=O)O)cc(C)c1Br. The van der Waals surface area contributed by atoms with Gasteiger partial charge in [0, 0.05) is 53.3 Å². The Labute approximate surface area is 415 Å². The number of sulfonamides is 2. The highest BCUT2D eigenvalue weighted by Gasteiger charge is 2.49. The van der Waals surface area contributed by atoms with Crippen LogP contribution in [0.25, 0.3) is 6.08 Å². The Morgan fingerprint density at radius 3 is 1.35 bits per heavy atom. The predicted octanol–water partition coefficient (Wildman–Crippen LogP) is 7.90. The van der Waals surface area contributed by atoms with Gasteiger partial charge in [0.15, 0.2) is 0 Å². The normalized spacial score (nSPS) is 24.9. The van der Waals surface area contributed by atoms with E-state index in [1.165, 1.54) is 45.1 Å². The highest BCUT2D eigenvalue weighted by atomic mass is 79.9. The number of carbonyl (C=O) groups excluding carboxylic acids is 2. The number of hydrogen-bond acceptors (Lipinski definition) is 10. The van der Waals surface area contributed by atoms with Crippen LogP contribution in [0, 0.1) is 51.4 Å². The van der Waals surface area contributed by atoms with Crippen LogP contribution in [0.3, 0.4) is 0 Å². The van der Waals surface area contributed by atoms with Gasteiger partial charge in [0.25, 0.3) is 11.8 Å². The van der Waals surface area contributed by atoms with Crippen LogP contribution in [0.2, 0.25) is 0 Å². The van der Waals surface area contributed by atoms with Gasteiger partial charge in [-0.15, -0.1) is 0 Å². The summed E-state index contributed by atoms with van der Waals surface area (Å²) in [7, 11) is -7.10. The standard InChI is InChI=1S/C25H33N3O5S.C16H25N3O3S.C9H9BrO2/c1-16-4-6-19(7-5-16)22-26-24(31)25(27-22)9-11-28(12-10-25)34(32,33)13-8-21-17(2)14-20(23(29)30)15-18(21)3;1-3-23(21,22)19-10-8-16(9-11-19)15(20)17-14(18-16)13-6-4-12(2)5-7-13;1-5-3-7(9(11)12)4-6(2)8(5)10/h8,13-16,19H,4-7,9-12H2,1-3H3,(H,29,30)(H,26,27,31);3,12-13H,1,4-11H2,2H3,(H,17,18,20);3-4H,1-2H3,(H,11,12)/b13-8+;;. The van der Waals surface area contributed by atoms with Gasteiger partial charge in [-0.05, 0) is 149 Å². The molecule has 16 nitrogen and oxygen atoms in total. The van der Waals surface area contributed by atoms with Crippen molar-refractivity contribution in [3.8, 4) is 0 Å². The summed E-state index contributed by atoms with van der Waals surface area (Å²) in [5.41, 5.74) is 2.89. The predicted molar refractivity (Wildman–Crippen MR) is 271 cm³/mol. The summed E-state index contributed by atoms with van der Waals surface area (Å²) in [5.74, 6) is 1.70. The summed E-state index contributed by atoms with van der Waals surface area (Å²) in [4.78, 5) is 56.7.